The van der Waals surface area contributed by atoms with E-state index in [0.29, 0.717) is 0 Å². The highest BCUT2D eigenvalue weighted by Crippen LogP contribution is 2.08. The van der Waals surface area contributed by atoms with E-state index >= 15 is 0 Å². The lowest BCUT2D eigenvalue weighted by molar-refractivity contribution is 0.292. The Morgan fingerprint density at radius 2 is 2.40 bits per heavy atom. The molecule has 4 nitrogen and oxygen atoms in total. The average molecular weight is 210 g/mol. The van der Waals surface area contributed by atoms with Crippen molar-refractivity contribution in [3.8, 4) is 17.9 Å². The maximum atomic E-state index is 13.0. The highest BCUT2D eigenvalue weighted by molar-refractivity contribution is 5.09. The van der Waals surface area contributed by atoms with E-state index in [0.717, 1.165) is 6.20 Å². The summed E-state index contributed by atoms with van der Waals surface area (Å²) in [6.07, 6.45) is 1.16. The van der Waals surface area contributed by atoms with E-state index in [1.807, 2.05) is 0 Å². The Bertz CT molecular complexity index is 385. The number of nitrogens with zero attached hydrogens (tertiary/aromatic N) is 2. The lowest BCUT2D eigenvalue weighted by atomic mass is 10.3. The van der Waals surface area contributed by atoms with Crippen LogP contribution in [0.2, 0.25) is 0 Å². The van der Waals surface area contributed by atoms with Crippen molar-refractivity contribution in [1.29, 1.82) is 0 Å². The van der Waals surface area contributed by atoms with Crippen molar-refractivity contribution in [3.63, 3.8) is 0 Å². The van der Waals surface area contributed by atoms with Crippen LogP contribution in [0.4, 0.5) is 4.39 Å². The molecular formula is C10H11FN2O2. The highest BCUT2D eigenvalue weighted by Gasteiger charge is 2.06. The molecule has 0 saturated carbocycles. The molecule has 80 valence electrons. The molecule has 0 unspecified atom stereocenters. The Kier molecular flexibility index (Phi) is 4.51. The van der Waals surface area contributed by atoms with Crippen LogP contribution in [-0.4, -0.2) is 28.3 Å². The van der Waals surface area contributed by atoms with E-state index in [1.54, 1.807) is 6.92 Å². The molecule has 0 bridgehead atoms. The number of aromatic nitrogens is 2. The Labute approximate surface area is 87.1 Å². The molecule has 0 aliphatic carbocycles. The first-order valence-electron chi connectivity index (χ1n) is 4.42. The van der Waals surface area contributed by atoms with E-state index in [2.05, 4.69) is 21.8 Å². The smallest absolute Gasteiger partial charge is 0.317 e. The van der Waals surface area contributed by atoms with Crippen LogP contribution in [0, 0.1) is 17.7 Å². The molecule has 0 aromatic carbocycles. The van der Waals surface area contributed by atoms with Gasteiger partial charge in [-0.15, -0.1) is 5.92 Å². The summed E-state index contributed by atoms with van der Waals surface area (Å²) in [6.45, 7) is 1.69. The molecule has 15 heavy (non-hydrogen) atoms. The molecule has 1 rings (SSSR count). The molecule has 0 atom stereocenters. The zero-order valence-electron chi connectivity index (χ0n) is 8.33. The van der Waals surface area contributed by atoms with Gasteiger partial charge in [0.25, 0.3) is 0 Å². The zero-order chi connectivity index (χ0) is 11.1. The molecule has 0 aliphatic heterocycles. The van der Waals surface area contributed by atoms with E-state index in [9.17, 15) is 4.39 Å². The summed E-state index contributed by atoms with van der Waals surface area (Å²) in [7, 11) is 0. The maximum Gasteiger partial charge on any atom is 0.317 e. The number of ether oxygens (including phenoxy) is 1. The van der Waals surface area contributed by atoms with Crippen LogP contribution < -0.4 is 4.74 Å². The quantitative estimate of drug-likeness (QED) is 0.737. The molecule has 1 aromatic heterocycles. The van der Waals surface area contributed by atoms with Crippen molar-refractivity contribution in [2.45, 2.75) is 13.3 Å². The van der Waals surface area contributed by atoms with E-state index in [4.69, 9.17) is 9.84 Å². The van der Waals surface area contributed by atoms with Gasteiger partial charge in [0.1, 0.15) is 0 Å². The number of aliphatic hydroxyl groups excluding tert-OH is 1. The van der Waals surface area contributed by atoms with E-state index in [-0.39, 0.29) is 31.3 Å². The van der Waals surface area contributed by atoms with Gasteiger partial charge in [-0.1, -0.05) is 5.92 Å². The standard InChI is InChI=1S/C10H11FN2O2/c1-2-3-6-15-10-12-7-8(11)9(13-10)4-5-14/h7,14H,4-6H2,1H3. The first-order valence-corrected chi connectivity index (χ1v) is 4.42. The molecule has 1 N–H and O–H groups in total. The first-order chi connectivity index (χ1) is 7.27. The van der Waals surface area contributed by atoms with E-state index < -0.39 is 5.82 Å². The van der Waals surface area contributed by atoms with Crippen molar-refractivity contribution < 1.29 is 14.2 Å². The minimum Gasteiger partial charge on any atom is -0.450 e. The molecule has 1 heterocycles. The zero-order valence-corrected chi connectivity index (χ0v) is 8.33. The summed E-state index contributed by atoms with van der Waals surface area (Å²) in [4.78, 5) is 7.43. The third-order valence-electron chi connectivity index (χ3n) is 1.59. The van der Waals surface area contributed by atoms with Crippen LogP contribution in [0.1, 0.15) is 12.6 Å². The Morgan fingerprint density at radius 3 is 3.07 bits per heavy atom. The normalized spacial score (nSPS) is 9.27. The summed E-state index contributed by atoms with van der Waals surface area (Å²) in [5.74, 6) is 4.77. The Balaban J connectivity index is 2.71. The van der Waals surface area contributed by atoms with E-state index in [1.165, 1.54) is 0 Å². The number of aliphatic hydroxyl groups is 1. The fourth-order valence-electron chi connectivity index (χ4n) is 0.908. The van der Waals surface area contributed by atoms with Crippen molar-refractivity contribution >= 4 is 0 Å². The average Bonchev–Trinajstić information content (AvgIpc) is 2.23. The summed E-state index contributed by atoms with van der Waals surface area (Å²) in [5.41, 5.74) is 0.145. The van der Waals surface area contributed by atoms with Gasteiger partial charge in [-0.05, 0) is 6.92 Å². The maximum absolute atomic E-state index is 13.0. The summed E-state index contributed by atoms with van der Waals surface area (Å²) >= 11 is 0. The van der Waals surface area contributed by atoms with Crippen molar-refractivity contribution in [3.05, 3.63) is 17.7 Å². The SMILES string of the molecule is CC#CCOc1ncc(F)c(CCO)n1. The summed E-state index contributed by atoms with van der Waals surface area (Å²) in [5, 5.41) is 8.66. The lowest BCUT2D eigenvalue weighted by Crippen LogP contribution is -2.05. The topological polar surface area (TPSA) is 55.2 Å². The fourth-order valence-corrected chi connectivity index (χ4v) is 0.908. The number of halogens is 1. The first kappa shape index (κ1) is 11.4. The second-order valence-corrected chi connectivity index (χ2v) is 2.64. The van der Waals surface area contributed by atoms with Crippen LogP contribution in [0.25, 0.3) is 0 Å². The molecule has 0 aliphatic rings. The highest BCUT2D eigenvalue weighted by atomic mass is 19.1. The summed E-state index contributed by atoms with van der Waals surface area (Å²) in [6, 6.07) is 0.0719. The molecule has 0 saturated heterocycles. The van der Waals surface area contributed by atoms with Crippen molar-refractivity contribution in [2.24, 2.45) is 0 Å². The largest absolute Gasteiger partial charge is 0.450 e. The number of hydrogen-bond acceptors (Lipinski definition) is 4. The monoisotopic (exact) mass is 210 g/mol. The molecule has 0 radical (unpaired) electrons. The van der Waals surface area contributed by atoms with Gasteiger partial charge in [0.05, 0.1) is 11.9 Å². The molecule has 1 aromatic rings. The van der Waals surface area contributed by atoms with Gasteiger partial charge in [-0.25, -0.2) is 9.37 Å². The molecule has 5 heteroatoms. The molecule has 0 fully saturated rings. The second-order valence-electron chi connectivity index (χ2n) is 2.64. The van der Waals surface area contributed by atoms with Crippen molar-refractivity contribution in [2.75, 3.05) is 13.2 Å². The van der Waals surface area contributed by atoms with Gasteiger partial charge in [-0.2, -0.15) is 4.98 Å². The minimum atomic E-state index is -0.544. The Hall–Kier alpha value is -1.67. The molecule has 0 amide bonds. The minimum absolute atomic E-state index is 0.0719. The van der Waals surface area contributed by atoms with Gasteiger partial charge in [0, 0.05) is 13.0 Å². The molecule has 0 spiro atoms. The van der Waals surface area contributed by atoms with Crippen LogP contribution in [-0.2, 0) is 6.42 Å². The van der Waals surface area contributed by atoms with Gasteiger partial charge in [0.2, 0.25) is 0 Å². The van der Waals surface area contributed by atoms with Gasteiger partial charge < -0.3 is 9.84 Å². The van der Waals surface area contributed by atoms with Crippen LogP contribution >= 0.6 is 0 Å². The third-order valence-corrected chi connectivity index (χ3v) is 1.59. The van der Waals surface area contributed by atoms with Crippen molar-refractivity contribution in [1.82, 2.24) is 9.97 Å². The number of rotatable bonds is 4. The Morgan fingerprint density at radius 1 is 1.60 bits per heavy atom. The van der Waals surface area contributed by atoms with Gasteiger partial charge >= 0.3 is 6.01 Å². The lowest BCUT2D eigenvalue weighted by Gasteiger charge is -2.03. The van der Waals surface area contributed by atoms with Crippen LogP contribution in [0.3, 0.4) is 0 Å². The summed E-state index contributed by atoms with van der Waals surface area (Å²) < 4.78 is 18.1. The predicted molar refractivity (Wildman–Crippen MR) is 51.7 cm³/mol. The third kappa shape index (κ3) is 3.52. The fraction of sp³-hybridized carbons (Fsp3) is 0.400. The molecular weight excluding hydrogens is 199 g/mol. The van der Waals surface area contributed by atoms with Gasteiger partial charge in [0.15, 0.2) is 12.4 Å². The number of hydrogen-bond donors (Lipinski definition) is 1. The van der Waals surface area contributed by atoms with Crippen LogP contribution in [0.15, 0.2) is 6.20 Å². The predicted octanol–water partition coefficient (Wildman–Crippen LogP) is 0.553. The van der Waals surface area contributed by atoms with Gasteiger partial charge in [-0.3, -0.25) is 0 Å². The van der Waals surface area contributed by atoms with Crippen LogP contribution in [0.5, 0.6) is 6.01 Å². The second kappa shape index (κ2) is 5.94.